The van der Waals surface area contributed by atoms with Crippen LogP contribution in [0.4, 0.5) is 13.2 Å². The van der Waals surface area contributed by atoms with E-state index < -0.39 is 18.1 Å². The molecule has 0 spiro atoms. The van der Waals surface area contributed by atoms with Gasteiger partial charge in [0, 0.05) is 13.1 Å². The van der Waals surface area contributed by atoms with Gasteiger partial charge in [0.05, 0.1) is 12.0 Å². The largest absolute Gasteiger partial charge is 0.391 e. The van der Waals surface area contributed by atoms with E-state index in [4.69, 9.17) is 5.73 Å². The molecule has 2 N–H and O–H groups in total. The first-order valence-electron chi connectivity index (χ1n) is 6.38. The molecule has 0 aliphatic carbocycles. The zero-order valence-corrected chi connectivity index (χ0v) is 10.8. The molecule has 106 valence electrons. The molecule has 1 rings (SSSR count). The molecule has 0 radical (unpaired) electrons. The first kappa shape index (κ1) is 15.3. The minimum absolute atomic E-state index is 0.0114. The zero-order chi connectivity index (χ0) is 13.9. The van der Waals surface area contributed by atoms with Gasteiger partial charge in [0.2, 0.25) is 5.91 Å². The molecule has 1 saturated heterocycles. The molecule has 2 atom stereocenters. The van der Waals surface area contributed by atoms with Crippen molar-refractivity contribution in [2.24, 2.45) is 17.6 Å². The summed E-state index contributed by atoms with van der Waals surface area (Å²) >= 11 is 0. The Balaban J connectivity index is 2.50. The summed E-state index contributed by atoms with van der Waals surface area (Å²) < 4.78 is 37.4. The highest BCUT2D eigenvalue weighted by atomic mass is 19.4. The second kappa shape index (κ2) is 5.91. The van der Waals surface area contributed by atoms with Crippen LogP contribution in [0.1, 0.15) is 33.1 Å². The van der Waals surface area contributed by atoms with Crippen LogP contribution in [0.2, 0.25) is 0 Å². The molecule has 1 fully saturated rings. The molecular weight excluding hydrogens is 245 g/mol. The van der Waals surface area contributed by atoms with Crippen LogP contribution in [0.25, 0.3) is 0 Å². The zero-order valence-electron chi connectivity index (χ0n) is 10.8. The van der Waals surface area contributed by atoms with Gasteiger partial charge in [-0.05, 0) is 18.8 Å². The molecule has 0 bridgehead atoms. The van der Waals surface area contributed by atoms with Crippen LogP contribution < -0.4 is 5.73 Å². The van der Waals surface area contributed by atoms with E-state index in [9.17, 15) is 18.0 Å². The molecule has 1 amide bonds. The van der Waals surface area contributed by atoms with Crippen molar-refractivity contribution >= 4 is 5.91 Å². The van der Waals surface area contributed by atoms with E-state index >= 15 is 0 Å². The molecule has 1 aliphatic rings. The van der Waals surface area contributed by atoms with Crippen molar-refractivity contribution in [2.45, 2.75) is 45.3 Å². The van der Waals surface area contributed by atoms with Gasteiger partial charge in [-0.15, -0.1) is 0 Å². The molecule has 0 saturated carbocycles. The van der Waals surface area contributed by atoms with Crippen molar-refractivity contribution in [3.8, 4) is 0 Å². The number of nitrogens with two attached hydrogens (primary N) is 1. The number of rotatable bonds is 3. The van der Waals surface area contributed by atoms with Crippen molar-refractivity contribution in [3.05, 3.63) is 0 Å². The Hall–Kier alpha value is -0.780. The minimum Gasteiger partial charge on any atom is -0.341 e. The Kier molecular flexibility index (Phi) is 5.01. The summed E-state index contributed by atoms with van der Waals surface area (Å²) in [5.41, 5.74) is 5.81. The average molecular weight is 266 g/mol. The highest BCUT2D eigenvalue weighted by molar-refractivity contribution is 5.82. The van der Waals surface area contributed by atoms with E-state index in [1.165, 1.54) is 4.90 Å². The maximum atomic E-state index is 12.5. The molecular formula is C12H21F3N2O. The number of likely N-dealkylation sites (tertiary alicyclic amines) is 1. The molecule has 1 aliphatic heterocycles. The summed E-state index contributed by atoms with van der Waals surface area (Å²) in [6.07, 6.45) is -3.38. The predicted molar refractivity (Wildman–Crippen MR) is 62.8 cm³/mol. The fourth-order valence-corrected chi connectivity index (χ4v) is 2.14. The normalized spacial score (nSPS) is 21.8. The molecule has 6 heteroatoms. The standard InChI is InChI=1S/C12H21F3N2O/c1-3-8(2)10(16)11(18)17-6-4-9(5-7-17)12(13,14)15/h8-10H,3-7,16H2,1-2H3. The number of halogens is 3. The number of amides is 1. The van der Waals surface area contributed by atoms with Crippen LogP contribution in [-0.2, 0) is 4.79 Å². The lowest BCUT2D eigenvalue weighted by Crippen LogP contribution is -2.50. The van der Waals surface area contributed by atoms with Gasteiger partial charge in [-0.3, -0.25) is 4.79 Å². The van der Waals surface area contributed by atoms with E-state index in [0.717, 1.165) is 6.42 Å². The van der Waals surface area contributed by atoms with Crippen molar-refractivity contribution in [3.63, 3.8) is 0 Å². The highest BCUT2D eigenvalue weighted by Gasteiger charge is 2.42. The summed E-state index contributed by atoms with van der Waals surface area (Å²) in [5.74, 6) is -1.44. The van der Waals surface area contributed by atoms with Gasteiger partial charge >= 0.3 is 6.18 Å². The first-order valence-corrected chi connectivity index (χ1v) is 6.38. The molecule has 18 heavy (non-hydrogen) atoms. The number of carbonyl (C=O) groups excluding carboxylic acids is 1. The fourth-order valence-electron chi connectivity index (χ4n) is 2.14. The Morgan fingerprint density at radius 3 is 2.28 bits per heavy atom. The van der Waals surface area contributed by atoms with E-state index in [1.807, 2.05) is 13.8 Å². The van der Waals surface area contributed by atoms with E-state index in [0.29, 0.717) is 0 Å². The van der Waals surface area contributed by atoms with Crippen LogP contribution >= 0.6 is 0 Å². The van der Waals surface area contributed by atoms with E-state index in [2.05, 4.69) is 0 Å². The highest BCUT2D eigenvalue weighted by Crippen LogP contribution is 2.34. The molecule has 0 aromatic rings. The first-order chi connectivity index (χ1) is 8.27. The number of alkyl halides is 3. The van der Waals surface area contributed by atoms with Gasteiger partial charge in [0.15, 0.2) is 0 Å². The van der Waals surface area contributed by atoms with Crippen molar-refractivity contribution in [1.29, 1.82) is 0 Å². The average Bonchev–Trinajstić information content (AvgIpc) is 2.35. The molecule has 2 unspecified atom stereocenters. The quantitative estimate of drug-likeness (QED) is 0.851. The van der Waals surface area contributed by atoms with Gasteiger partial charge in [-0.25, -0.2) is 0 Å². The predicted octanol–water partition coefficient (Wildman–Crippen LogP) is 2.16. The van der Waals surface area contributed by atoms with E-state index in [-0.39, 0.29) is 37.8 Å². The number of nitrogens with zero attached hydrogens (tertiary/aromatic N) is 1. The Labute approximate surface area is 106 Å². The van der Waals surface area contributed by atoms with Gasteiger partial charge in [0.25, 0.3) is 0 Å². The van der Waals surface area contributed by atoms with Gasteiger partial charge in [0.1, 0.15) is 0 Å². The summed E-state index contributed by atoms with van der Waals surface area (Å²) in [4.78, 5) is 13.4. The third-order valence-electron chi connectivity index (χ3n) is 3.81. The van der Waals surface area contributed by atoms with Crippen LogP contribution in [0.15, 0.2) is 0 Å². The number of piperidine rings is 1. The van der Waals surface area contributed by atoms with E-state index in [1.54, 1.807) is 0 Å². The van der Waals surface area contributed by atoms with Gasteiger partial charge < -0.3 is 10.6 Å². The maximum absolute atomic E-state index is 12.5. The van der Waals surface area contributed by atoms with Crippen LogP contribution in [0, 0.1) is 11.8 Å². The summed E-state index contributed by atoms with van der Waals surface area (Å²) in [6, 6.07) is -0.600. The maximum Gasteiger partial charge on any atom is 0.391 e. The molecule has 0 aromatic heterocycles. The van der Waals surface area contributed by atoms with Gasteiger partial charge in [-0.1, -0.05) is 20.3 Å². The third-order valence-corrected chi connectivity index (χ3v) is 3.81. The third kappa shape index (κ3) is 3.60. The van der Waals surface area contributed by atoms with Gasteiger partial charge in [-0.2, -0.15) is 13.2 Å². The minimum atomic E-state index is -4.14. The lowest BCUT2D eigenvalue weighted by atomic mass is 9.94. The molecule has 3 nitrogen and oxygen atoms in total. The lowest BCUT2D eigenvalue weighted by molar-refractivity contribution is -0.186. The number of hydrogen-bond donors (Lipinski definition) is 1. The number of carbonyl (C=O) groups is 1. The molecule has 0 aromatic carbocycles. The summed E-state index contributed by atoms with van der Waals surface area (Å²) in [7, 11) is 0. The van der Waals surface area contributed by atoms with Crippen molar-refractivity contribution < 1.29 is 18.0 Å². The Morgan fingerprint density at radius 2 is 1.89 bits per heavy atom. The van der Waals surface area contributed by atoms with Crippen LogP contribution in [-0.4, -0.2) is 36.1 Å². The monoisotopic (exact) mass is 266 g/mol. The molecule has 1 heterocycles. The smallest absolute Gasteiger partial charge is 0.341 e. The second-order valence-electron chi connectivity index (χ2n) is 5.05. The van der Waals surface area contributed by atoms with Crippen molar-refractivity contribution in [1.82, 2.24) is 4.90 Å². The van der Waals surface area contributed by atoms with Crippen LogP contribution in [0.3, 0.4) is 0 Å². The SMILES string of the molecule is CCC(C)C(N)C(=O)N1CCC(C(F)(F)F)CC1. The topological polar surface area (TPSA) is 46.3 Å². The summed E-state index contributed by atoms with van der Waals surface area (Å²) in [6.45, 7) is 4.14. The van der Waals surface area contributed by atoms with Crippen LogP contribution in [0.5, 0.6) is 0 Å². The van der Waals surface area contributed by atoms with Crippen molar-refractivity contribution in [2.75, 3.05) is 13.1 Å². The Morgan fingerprint density at radius 1 is 1.39 bits per heavy atom. The Bertz CT molecular complexity index is 286. The summed E-state index contributed by atoms with van der Waals surface area (Å²) in [5, 5.41) is 0. The second-order valence-corrected chi connectivity index (χ2v) is 5.05. The lowest BCUT2D eigenvalue weighted by Gasteiger charge is -2.35. The number of hydrogen-bond acceptors (Lipinski definition) is 2. The fraction of sp³-hybridized carbons (Fsp3) is 0.917.